The van der Waals surface area contributed by atoms with Gasteiger partial charge in [-0.25, -0.2) is 8.42 Å². The maximum Gasteiger partial charge on any atom is 0.416 e. The second-order valence-corrected chi connectivity index (χ2v) is 7.29. The molecule has 1 unspecified atom stereocenters. The third kappa shape index (κ3) is 3.84. The molecule has 1 atom stereocenters. The Morgan fingerprint density at radius 3 is 2.24 bits per heavy atom. The molecule has 1 aromatic rings. The molecule has 2 rings (SSSR count). The van der Waals surface area contributed by atoms with Gasteiger partial charge < -0.3 is 0 Å². The Labute approximate surface area is 121 Å². The van der Waals surface area contributed by atoms with E-state index in [0.717, 1.165) is 30.7 Å². The van der Waals surface area contributed by atoms with Gasteiger partial charge in [0.1, 0.15) is 5.78 Å². The highest BCUT2D eigenvalue weighted by Crippen LogP contribution is 2.30. The standard InChI is InChI=1S/C14H15F3O3S/c15-14(16,17)11-4-6-12(7-5-11)21(19,20)9-8-10-2-1-3-13(10)18/h4-7,10H,1-3,8-9H2. The van der Waals surface area contributed by atoms with E-state index in [1.807, 2.05) is 0 Å². The molecule has 0 aliphatic heterocycles. The predicted octanol–water partition coefficient (Wildman–Crippen LogP) is 3.24. The fraction of sp³-hybridized carbons (Fsp3) is 0.500. The molecule has 0 heterocycles. The van der Waals surface area contributed by atoms with Crippen molar-refractivity contribution < 1.29 is 26.4 Å². The molecule has 116 valence electrons. The molecule has 0 spiro atoms. The summed E-state index contributed by atoms with van der Waals surface area (Å²) in [6.45, 7) is 0. The molecular formula is C14H15F3O3S. The van der Waals surface area contributed by atoms with Crippen molar-refractivity contribution in [3.05, 3.63) is 29.8 Å². The number of ketones is 1. The highest BCUT2D eigenvalue weighted by atomic mass is 32.2. The zero-order valence-corrected chi connectivity index (χ0v) is 12.0. The number of sulfone groups is 1. The van der Waals surface area contributed by atoms with Gasteiger partial charge in [-0.2, -0.15) is 13.2 Å². The Morgan fingerprint density at radius 2 is 1.76 bits per heavy atom. The van der Waals surface area contributed by atoms with Crippen molar-refractivity contribution in [2.75, 3.05) is 5.75 Å². The summed E-state index contributed by atoms with van der Waals surface area (Å²) < 4.78 is 61.4. The normalized spacial score (nSPS) is 20.0. The fourth-order valence-corrected chi connectivity index (χ4v) is 3.84. The number of rotatable bonds is 4. The molecule has 7 heteroatoms. The highest BCUT2D eigenvalue weighted by molar-refractivity contribution is 7.91. The number of hydrogen-bond donors (Lipinski definition) is 0. The van der Waals surface area contributed by atoms with E-state index in [1.165, 1.54) is 0 Å². The first-order valence-corrected chi connectivity index (χ1v) is 8.28. The van der Waals surface area contributed by atoms with Crippen molar-refractivity contribution in [1.29, 1.82) is 0 Å². The Bertz CT molecular complexity index is 618. The topological polar surface area (TPSA) is 51.2 Å². The number of Topliss-reactive ketones (excluding diaryl/α,β-unsaturated/α-hetero) is 1. The summed E-state index contributed by atoms with van der Waals surface area (Å²) >= 11 is 0. The van der Waals surface area contributed by atoms with E-state index in [2.05, 4.69) is 0 Å². The zero-order chi connectivity index (χ0) is 15.7. The third-order valence-corrected chi connectivity index (χ3v) is 5.47. The van der Waals surface area contributed by atoms with E-state index in [1.54, 1.807) is 0 Å². The third-order valence-electron chi connectivity index (χ3n) is 3.71. The van der Waals surface area contributed by atoms with Crippen LogP contribution < -0.4 is 0 Å². The maximum absolute atomic E-state index is 12.4. The van der Waals surface area contributed by atoms with Crippen molar-refractivity contribution in [2.24, 2.45) is 5.92 Å². The van der Waals surface area contributed by atoms with Crippen LogP contribution in [0.1, 0.15) is 31.2 Å². The summed E-state index contributed by atoms with van der Waals surface area (Å²) in [7, 11) is -3.65. The molecule has 3 nitrogen and oxygen atoms in total. The molecule has 0 N–H and O–H groups in total. The molecular weight excluding hydrogens is 305 g/mol. The molecule has 21 heavy (non-hydrogen) atoms. The van der Waals surface area contributed by atoms with Gasteiger partial charge in [0.25, 0.3) is 0 Å². The molecule has 1 aliphatic rings. The molecule has 0 amide bonds. The van der Waals surface area contributed by atoms with Crippen LogP contribution in [-0.4, -0.2) is 20.0 Å². The lowest BCUT2D eigenvalue weighted by Crippen LogP contribution is -2.14. The minimum atomic E-state index is -4.49. The average molecular weight is 320 g/mol. The summed E-state index contributed by atoms with van der Waals surface area (Å²) in [6, 6.07) is 3.45. The number of alkyl halides is 3. The number of carbonyl (C=O) groups excluding carboxylic acids is 1. The van der Waals surface area contributed by atoms with Gasteiger partial charge >= 0.3 is 6.18 Å². The molecule has 0 radical (unpaired) electrons. The lowest BCUT2D eigenvalue weighted by atomic mass is 10.1. The van der Waals surface area contributed by atoms with Gasteiger partial charge in [0.05, 0.1) is 16.2 Å². The number of benzene rings is 1. The quantitative estimate of drug-likeness (QED) is 0.856. The second-order valence-electron chi connectivity index (χ2n) is 5.19. The van der Waals surface area contributed by atoms with E-state index < -0.39 is 21.6 Å². The number of carbonyl (C=O) groups is 1. The monoisotopic (exact) mass is 320 g/mol. The molecule has 1 saturated carbocycles. The van der Waals surface area contributed by atoms with Gasteiger partial charge in [0.15, 0.2) is 9.84 Å². The van der Waals surface area contributed by atoms with Crippen molar-refractivity contribution in [3.8, 4) is 0 Å². The van der Waals surface area contributed by atoms with Crippen LogP contribution in [0.5, 0.6) is 0 Å². The summed E-state index contributed by atoms with van der Waals surface area (Å²) in [5.41, 5.74) is -0.882. The van der Waals surface area contributed by atoms with Crippen LogP contribution >= 0.6 is 0 Å². The Hall–Kier alpha value is -1.37. The van der Waals surface area contributed by atoms with Gasteiger partial charge in [-0.1, -0.05) is 0 Å². The van der Waals surface area contributed by atoms with E-state index in [0.29, 0.717) is 12.8 Å². The first-order chi connectivity index (χ1) is 9.70. The van der Waals surface area contributed by atoms with Gasteiger partial charge in [-0.15, -0.1) is 0 Å². The summed E-state index contributed by atoms with van der Waals surface area (Å²) in [4.78, 5) is 11.3. The maximum atomic E-state index is 12.4. The minimum absolute atomic E-state index is 0.0811. The first kappa shape index (κ1) is 16.0. The van der Waals surface area contributed by atoms with Gasteiger partial charge in [-0.3, -0.25) is 4.79 Å². The SMILES string of the molecule is O=C1CCCC1CCS(=O)(=O)c1ccc(C(F)(F)F)cc1. The van der Waals surface area contributed by atoms with E-state index in [4.69, 9.17) is 0 Å². The lowest BCUT2D eigenvalue weighted by molar-refractivity contribution is -0.137. The van der Waals surface area contributed by atoms with Crippen LogP contribution in [-0.2, 0) is 20.8 Å². The van der Waals surface area contributed by atoms with Crippen molar-refractivity contribution in [3.63, 3.8) is 0 Å². The van der Waals surface area contributed by atoms with Crippen LogP contribution in [0.2, 0.25) is 0 Å². The number of halogens is 3. The van der Waals surface area contributed by atoms with E-state index >= 15 is 0 Å². The van der Waals surface area contributed by atoms with Gasteiger partial charge in [0.2, 0.25) is 0 Å². The predicted molar refractivity (Wildman–Crippen MR) is 70.5 cm³/mol. The largest absolute Gasteiger partial charge is 0.416 e. The zero-order valence-electron chi connectivity index (χ0n) is 11.2. The Balaban J connectivity index is 2.07. The lowest BCUT2D eigenvalue weighted by Gasteiger charge is -2.10. The fourth-order valence-electron chi connectivity index (χ4n) is 2.46. The smallest absolute Gasteiger partial charge is 0.299 e. The van der Waals surface area contributed by atoms with E-state index in [-0.39, 0.29) is 28.8 Å². The van der Waals surface area contributed by atoms with Crippen molar-refractivity contribution >= 4 is 15.6 Å². The summed E-state index contributed by atoms with van der Waals surface area (Å²) in [6.07, 6.45) is -2.28. The Kier molecular flexibility index (Phi) is 4.41. The van der Waals surface area contributed by atoms with Crippen LogP contribution in [0.3, 0.4) is 0 Å². The van der Waals surface area contributed by atoms with Crippen molar-refractivity contribution in [2.45, 2.75) is 36.8 Å². The Morgan fingerprint density at radius 1 is 1.14 bits per heavy atom. The van der Waals surface area contributed by atoms with Crippen molar-refractivity contribution in [1.82, 2.24) is 0 Å². The van der Waals surface area contributed by atoms with Gasteiger partial charge in [-0.05, 0) is 43.5 Å². The second kappa shape index (κ2) is 5.79. The molecule has 1 aromatic carbocycles. The van der Waals surface area contributed by atoms with Crippen LogP contribution in [0.15, 0.2) is 29.2 Å². The van der Waals surface area contributed by atoms with Crippen LogP contribution in [0.25, 0.3) is 0 Å². The molecule has 1 aliphatic carbocycles. The summed E-state index contributed by atoms with van der Waals surface area (Å²) in [5, 5.41) is 0. The van der Waals surface area contributed by atoms with Crippen LogP contribution in [0.4, 0.5) is 13.2 Å². The summed E-state index contributed by atoms with van der Waals surface area (Å²) in [5.74, 6) is -0.360. The first-order valence-electron chi connectivity index (χ1n) is 6.63. The molecule has 0 aromatic heterocycles. The molecule has 0 bridgehead atoms. The van der Waals surface area contributed by atoms with E-state index in [9.17, 15) is 26.4 Å². The minimum Gasteiger partial charge on any atom is -0.299 e. The molecule has 0 saturated heterocycles. The molecule has 1 fully saturated rings. The number of hydrogen-bond acceptors (Lipinski definition) is 3. The van der Waals surface area contributed by atoms with Crippen LogP contribution in [0, 0.1) is 5.92 Å². The van der Waals surface area contributed by atoms with Gasteiger partial charge in [0, 0.05) is 12.3 Å². The highest BCUT2D eigenvalue weighted by Gasteiger charge is 2.31. The average Bonchev–Trinajstić information content (AvgIpc) is 2.81.